The zero-order valence-corrected chi connectivity index (χ0v) is 11.7. The molecule has 0 heterocycles. The first-order chi connectivity index (χ1) is 7.86. The van der Waals surface area contributed by atoms with Crippen LogP contribution in [0.25, 0.3) is 0 Å². The molecule has 5 heteroatoms. The van der Waals surface area contributed by atoms with Gasteiger partial charge in [0, 0.05) is 13.1 Å². The van der Waals surface area contributed by atoms with Gasteiger partial charge in [0.25, 0.3) is 0 Å². The zero-order chi connectivity index (χ0) is 12.9. The highest BCUT2D eigenvalue weighted by molar-refractivity contribution is 7.92. The lowest BCUT2D eigenvalue weighted by Gasteiger charge is -2.32. The fourth-order valence-electron chi connectivity index (χ4n) is 2.16. The summed E-state index contributed by atoms with van der Waals surface area (Å²) >= 11 is 0. The van der Waals surface area contributed by atoms with Crippen LogP contribution in [0, 0.1) is 0 Å². The Morgan fingerprint density at radius 1 is 1.24 bits per heavy atom. The molecule has 0 unspecified atom stereocenters. The summed E-state index contributed by atoms with van der Waals surface area (Å²) in [6.07, 6.45) is 5.00. The van der Waals surface area contributed by atoms with E-state index < -0.39 is 15.4 Å². The van der Waals surface area contributed by atoms with E-state index in [1.807, 2.05) is 0 Å². The normalized spacial score (nSPS) is 20.7. The minimum atomic E-state index is -2.97. The number of rotatable bonds is 6. The predicted octanol–water partition coefficient (Wildman–Crippen LogP) is 1.09. The fraction of sp³-hybridized carbons (Fsp3) is 1.00. The summed E-state index contributed by atoms with van der Waals surface area (Å²) in [6, 6.07) is 0. The van der Waals surface area contributed by atoms with Gasteiger partial charge in [-0.2, -0.15) is 0 Å². The smallest absolute Gasteiger partial charge is 0.153 e. The van der Waals surface area contributed by atoms with Crippen molar-refractivity contribution in [3.63, 3.8) is 0 Å². The van der Waals surface area contributed by atoms with E-state index in [4.69, 9.17) is 0 Å². The van der Waals surface area contributed by atoms with Crippen molar-refractivity contribution in [2.45, 2.75) is 56.8 Å². The molecule has 1 aliphatic carbocycles. The average Bonchev–Trinajstić information content (AvgIpc) is 2.25. The fourth-order valence-corrected chi connectivity index (χ4v) is 3.06. The van der Waals surface area contributed by atoms with Crippen molar-refractivity contribution in [2.24, 2.45) is 0 Å². The molecule has 2 N–H and O–H groups in total. The first kappa shape index (κ1) is 14.9. The first-order valence-corrected chi connectivity index (χ1v) is 8.22. The second-order valence-corrected chi connectivity index (χ2v) is 8.05. The van der Waals surface area contributed by atoms with Crippen LogP contribution in [0.4, 0.5) is 0 Å². The SMILES string of the molecule is CC(C)S(=O)(=O)CCNCC1(O)CCCCC1. The maximum Gasteiger partial charge on any atom is 0.153 e. The maximum atomic E-state index is 11.6. The van der Waals surface area contributed by atoms with E-state index in [9.17, 15) is 13.5 Å². The molecule has 0 bridgehead atoms. The third kappa shape index (κ3) is 4.94. The highest BCUT2D eigenvalue weighted by Crippen LogP contribution is 2.27. The minimum Gasteiger partial charge on any atom is -0.389 e. The maximum absolute atomic E-state index is 11.6. The molecule has 1 saturated carbocycles. The summed E-state index contributed by atoms with van der Waals surface area (Å²) in [4.78, 5) is 0. The summed E-state index contributed by atoms with van der Waals surface area (Å²) in [5, 5.41) is 13.0. The van der Waals surface area contributed by atoms with E-state index in [-0.39, 0.29) is 11.0 Å². The lowest BCUT2D eigenvalue weighted by atomic mass is 9.85. The van der Waals surface area contributed by atoms with Crippen molar-refractivity contribution in [1.29, 1.82) is 0 Å². The first-order valence-electron chi connectivity index (χ1n) is 6.50. The monoisotopic (exact) mass is 263 g/mol. The Morgan fingerprint density at radius 2 is 1.82 bits per heavy atom. The lowest BCUT2D eigenvalue weighted by Crippen LogP contribution is -2.43. The van der Waals surface area contributed by atoms with Crippen LogP contribution in [0.1, 0.15) is 46.0 Å². The summed E-state index contributed by atoms with van der Waals surface area (Å²) < 4.78 is 23.1. The van der Waals surface area contributed by atoms with Crippen molar-refractivity contribution in [3.05, 3.63) is 0 Å². The van der Waals surface area contributed by atoms with Crippen molar-refractivity contribution in [3.8, 4) is 0 Å². The second kappa shape index (κ2) is 6.16. The van der Waals surface area contributed by atoms with Crippen LogP contribution in [-0.2, 0) is 9.84 Å². The van der Waals surface area contributed by atoms with Gasteiger partial charge in [-0.3, -0.25) is 0 Å². The molecule has 0 saturated heterocycles. The Kier molecular flexibility index (Phi) is 5.41. The molecule has 4 nitrogen and oxygen atoms in total. The molecule has 0 aromatic heterocycles. The van der Waals surface area contributed by atoms with Crippen molar-refractivity contribution >= 4 is 9.84 Å². The molecule has 0 aromatic carbocycles. The topological polar surface area (TPSA) is 66.4 Å². The number of hydrogen-bond donors (Lipinski definition) is 2. The van der Waals surface area contributed by atoms with Gasteiger partial charge in [0.05, 0.1) is 16.6 Å². The Labute approximate surface area is 105 Å². The zero-order valence-electron chi connectivity index (χ0n) is 10.9. The Balaban J connectivity index is 2.24. The standard InChI is InChI=1S/C12H25NO3S/c1-11(2)17(15,16)9-8-13-10-12(14)6-4-3-5-7-12/h11,13-14H,3-10H2,1-2H3. The number of nitrogens with one attached hydrogen (secondary N) is 1. The molecular formula is C12H25NO3S. The largest absolute Gasteiger partial charge is 0.389 e. The van der Waals surface area contributed by atoms with Crippen LogP contribution < -0.4 is 5.32 Å². The summed E-state index contributed by atoms with van der Waals surface area (Å²) in [5.41, 5.74) is -0.611. The van der Waals surface area contributed by atoms with Crippen LogP contribution in [0.5, 0.6) is 0 Å². The van der Waals surface area contributed by atoms with E-state index in [2.05, 4.69) is 5.32 Å². The van der Waals surface area contributed by atoms with Crippen LogP contribution in [-0.4, -0.2) is 43.2 Å². The highest BCUT2D eigenvalue weighted by Gasteiger charge is 2.28. The number of hydrogen-bond acceptors (Lipinski definition) is 4. The van der Waals surface area contributed by atoms with E-state index in [0.717, 1.165) is 25.7 Å². The third-order valence-corrected chi connectivity index (χ3v) is 5.73. The van der Waals surface area contributed by atoms with Crippen molar-refractivity contribution < 1.29 is 13.5 Å². The molecule has 0 radical (unpaired) electrons. The van der Waals surface area contributed by atoms with Crippen LogP contribution in [0.2, 0.25) is 0 Å². The van der Waals surface area contributed by atoms with Crippen LogP contribution in [0.3, 0.4) is 0 Å². The van der Waals surface area contributed by atoms with Crippen LogP contribution >= 0.6 is 0 Å². The van der Waals surface area contributed by atoms with E-state index >= 15 is 0 Å². The van der Waals surface area contributed by atoms with Gasteiger partial charge in [0.15, 0.2) is 9.84 Å². The van der Waals surface area contributed by atoms with E-state index in [1.165, 1.54) is 6.42 Å². The van der Waals surface area contributed by atoms with Crippen molar-refractivity contribution in [2.75, 3.05) is 18.8 Å². The molecule has 0 amide bonds. The van der Waals surface area contributed by atoms with Crippen molar-refractivity contribution in [1.82, 2.24) is 5.32 Å². The minimum absolute atomic E-state index is 0.154. The molecule has 17 heavy (non-hydrogen) atoms. The molecule has 1 fully saturated rings. The van der Waals surface area contributed by atoms with Crippen LogP contribution in [0.15, 0.2) is 0 Å². The van der Waals surface area contributed by atoms with Gasteiger partial charge in [-0.1, -0.05) is 19.3 Å². The Bertz CT molecular complexity index is 319. The summed E-state index contributed by atoms with van der Waals surface area (Å²) in [5.74, 6) is 0.154. The quantitative estimate of drug-likeness (QED) is 0.704. The van der Waals surface area contributed by atoms with Gasteiger partial charge >= 0.3 is 0 Å². The van der Waals surface area contributed by atoms with Gasteiger partial charge in [-0.05, 0) is 26.7 Å². The molecule has 1 aliphatic rings. The predicted molar refractivity (Wildman–Crippen MR) is 69.8 cm³/mol. The molecule has 0 aliphatic heterocycles. The second-order valence-electron chi connectivity index (χ2n) is 5.38. The summed E-state index contributed by atoms with van der Waals surface area (Å²) in [7, 11) is -2.97. The molecule has 0 aromatic rings. The molecule has 1 rings (SSSR count). The van der Waals surface area contributed by atoms with E-state index in [0.29, 0.717) is 13.1 Å². The van der Waals surface area contributed by atoms with Gasteiger partial charge in [0.2, 0.25) is 0 Å². The Morgan fingerprint density at radius 3 is 2.35 bits per heavy atom. The van der Waals surface area contributed by atoms with Gasteiger partial charge in [-0.25, -0.2) is 8.42 Å². The molecule has 102 valence electrons. The number of sulfone groups is 1. The molecule has 0 atom stereocenters. The third-order valence-electron chi connectivity index (χ3n) is 3.52. The van der Waals surface area contributed by atoms with Gasteiger partial charge < -0.3 is 10.4 Å². The molecule has 0 spiro atoms. The average molecular weight is 263 g/mol. The Hall–Kier alpha value is -0.130. The molecular weight excluding hydrogens is 238 g/mol. The van der Waals surface area contributed by atoms with E-state index in [1.54, 1.807) is 13.8 Å². The number of aliphatic hydroxyl groups is 1. The van der Waals surface area contributed by atoms with Gasteiger partial charge in [0.1, 0.15) is 0 Å². The lowest BCUT2D eigenvalue weighted by molar-refractivity contribution is 0.00543. The highest BCUT2D eigenvalue weighted by atomic mass is 32.2. The van der Waals surface area contributed by atoms with Gasteiger partial charge in [-0.15, -0.1) is 0 Å². The summed E-state index contributed by atoms with van der Waals surface area (Å²) in [6.45, 7) is 4.34.